The third-order valence-electron chi connectivity index (χ3n) is 4.78. The van der Waals surface area contributed by atoms with E-state index in [4.69, 9.17) is 4.98 Å². The van der Waals surface area contributed by atoms with Crippen molar-refractivity contribution in [2.75, 3.05) is 25.0 Å². The Bertz CT molecular complexity index is 632. The molecule has 23 heavy (non-hydrogen) atoms. The van der Waals surface area contributed by atoms with E-state index in [9.17, 15) is 0 Å². The highest BCUT2D eigenvalue weighted by molar-refractivity contribution is 5.93. The molecule has 3 nitrogen and oxygen atoms in total. The van der Waals surface area contributed by atoms with Gasteiger partial charge in [0, 0.05) is 22.8 Å². The number of para-hydroxylation sites is 1. The molecule has 126 valence electrons. The van der Waals surface area contributed by atoms with Gasteiger partial charge in [0.05, 0.1) is 5.52 Å². The Morgan fingerprint density at radius 2 is 1.83 bits per heavy atom. The molecule has 2 aromatic rings. The monoisotopic (exact) mass is 313 g/mol. The molecular weight excluding hydrogens is 282 g/mol. The molecule has 1 heterocycles. The van der Waals surface area contributed by atoms with Crippen LogP contribution in [0.3, 0.4) is 0 Å². The van der Waals surface area contributed by atoms with E-state index in [1.807, 2.05) is 0 Å². The number of hydrogen-bond acceptors (Lipinski definition) is 3. The first-order chi connectivity index (χ1) is 11.1. The molecule has 1 N–H and O–H groups in total. The first-order valence-corrected chi connectivity index (χ1v) is 8.91. The Balaban J connectivity index is 2.07. The Hall–Kier alpha value is -1.61. The van der Waals surface area contributed by atoms with E-state index in [0.717, 1.165) is 24.3 Å². The van der Waals surface area contributed by atoms with Gasteiger partial charge in [0.1, 0.15) is 0 Å². The first-order valence-electron chi connectivity index (χ1n) is 8.91. The predicted octanol–water partition coefficient (Wildman–Crippen LogP) is 4.77. The van der Waals surface area contributed by atoms with E-state index in [0.29, 0.717) is 6.04 Å². The molecule has 0 saturated heterocycles. The van der Waals surface area contributed by atoms with Crippen molar-refractivity contribution in [3.63, 3.8) is 0 Å². The number of hydrogen-bond donors (Lipinski definition) is 1. The lowest BCUT2D eigenvalue weighted by atomic mass is 10.1. The summed E-state index contributed by atoms with van der Waals surface area (Å²) in [5, 5.41) is 4.97. The van der Waals surface area contributed by atoms with Gasteiger partial charge in [-0.1, -0.05) is 32.0 Å². The van der Waals surface area contributed by atoms with Gasteiger partial charge >= 0.3 is 0 Å². The van der Waals surface area contributed by atoms with Crippen LogP contribution in [0.25, 0.3) is 10.9 Å². The molecule has 0 unspecified atom stereocenters. The van der Waals surface area contributed by atoms with Gasteiger partial charge in [-0.05, 0) is 64.9 Å². The molecule has 1 aromatic heterocycles. The van der Waals surface area contributed by atoms with E-state index in [-0.39, 0.29) is 0 Å². The normalized spacial score (nSPS) is 12.8. The molecule has 2 rings (SSSR count). The Morgan fingerprint density at radius 1 is 1.13 bits per heavy atom. The molecule has 0 aliphatic rings. The van der Waals surface area contributed by atoms with Crippen molar-refractivity contribution in [1.82, 2.24) is 9.88 Å². The maximum absolute atomic E-state index is 4.70. The fraction of sp³-hybridized carbons (Fsp3) is 0.550. The average Bonchev–Trinajstić information content (AvgIpc) is 2.56. The summed E-state index contributed by atoms with van der Waals surface area (Å²) in [4.78, 5) is 7.19. The van der Waals surface area contributed by atoms with Gasteiger partial charge in [0.25, 0.3) is 0 Å². The van der Waals surface area contributed by atoms with Gasteiger partial charge in [-0.25, -0.2) is 0 Å². The summed E-state index contributed by atoms with van der Waals surface area (Å²) in [6.45, 7) is 14.5. The molecule has 1 atom stereocenters. The fourth-order valence-corrected chi connectivity index (χ4v) is 3.10. The minimum atomic E-state index is 0.467. The molecule has 0 saturated carbocycles. The number of nitrogens with one attached hydrogen (secondary N) is 1. The number of nitrogens with zero attached hydrogens (tertiary/aromatic N) is 2. The van der Waals surface area contributed by atoms with E-state index < -0.39 is 0 Å². The van der Waals surface area contributed by atoms with Crippen molar-refractivity contribution in [1.29, 1.82) is 0 Å². The van der Waals surface area contributed by atoms with Gasteiger partial charge in [0.2, 0.25) is 0 Å². The number of benzene rings is 1. The summed E-state index contributed by atoms with van der Waals surface area (Å²) < 4.78 is 0. The van der Waals surface area contributed by atoms with Gasteiger partial charge in [0.15, 0.2) is 0 Å². The summed E-state index contributed by atoms with van der Waals surface area (Å²) in [6, 6.07) is 8.88. The maximum Gasteiger partial charge on any atom is 0.0726 e. The second-order valence-corrected chi connectivity index (χ2v) is 6.43. The van der Waals surface area contributed by atoms with E-state index >= 15 is 0 Å². The number of pyridine rings is 1. The third-order valence-corrected chi connectivity index (χ3v) is 4.78. The van der Waals surface area contributed by atoms with E-state index in [1.165, 1.54) is 36.0 Å². The predicted molar refractivity (Wildman–Crippen MR) is 101 cm³/mol. The number of fused-ring (bicyclic) bond motifs is 1. The van der Waals surface area contributed by atoms with Crippen molar-refractivity contribution in [3.8, 4) is 0 Å². The minimum Gasteiger partial charge on any atom is -0.382 e. The van der Waals surface area contributed by atoms with Crippen LogP contribution >= 0.6 is 0 Å². The largest absolute Gasteiger partial charge is 0.382 e. The van der Waals surface area contributed by atoms with Crippen molar-refractivity contribution in [2.24, 2.45) is 0 Å². The molecule has 0 bridgehead atoms. The minimum absolute atomic E-state index is 0.467. The summed E-state index contributed by atoms with van der Waals surface area (Å²) in [6.07, 6.45) is 2.42. The van der Waals surface area contributed by atoms with E-state index in [2.05, 4.69) is 69.1 Å². The molecule has 0 fully saturated rings. The molecule has 0 radical (unpaired) electrons. The molecule has 0 aliphatic carbocycles. The van der Waals surface area contributed by atoms with Crippen LogP contribution in [0.1, 0.15) is 44.9 Å². The van der Waals surface area contributed by atoms with Crippen LogP contribution < -0.4 is 5.32 Å². The summed E-state index contributed by atoms with van der Waals surface area (Å²) >= 11 is 0. The lowest BCUT2D eigenvalue weighted by Crippen LogP contribution is -2.25. The first kappa shape index (κ1) is 17.7. The van der Waals surface area contributed by atoms with E-state index in [1.54, 1.807) is 0 Å². The molecule has 1 aromatic carbocycles. The standard InChI is InChI=1S/C20H31N3/c1-6-23(7-2)14-10-11-15(3)21-20-16(4)17(5)22-19-13-9-8-12-18(19)20/h8-9,12-13,15H,6-7,10-11,14H2,1-5H3,(H,21,22)/t15-/m1/s1. The quantitative estimate of drug-likeness (QED) is 0.760. The summed E-state index contributed by atoms with van der Waals surface area (Å²) in [7, 11) is 0. The average molecular weight is 313 g/mol. The van der Waals surface area contributed by atoms with Crippen molar-refractivity contribution < 1.29 is 0 Å². The zero-order chi connectivity index (χ0) is 16.8. The molecule has 3 heteroatoms. The van der Waals surface area contributed by atoms with Crippen LogP contribution in [-0.2, 0) is 0 Å². The Kier molecular flexibility index (Phi) is 6.40. The summed E-state index contributed by atoms with van der Waals surface area (Å²) in [5.74, 6) is 0. The number of rotatable bonds is 8. The van der Waals surface area contributed by atoms with Crippen molar-refractivity contribution >= 4 is 16.6 Å². The summed E-state index contributed by atoms with van der Waals surface area (Å²) in [5.41, 5.74) is 4.71. The zero-order valence-corrected chi connectivity index (χ0v) is 15.3. The zero-order valence-electron chi connectivity index (χ0n) is 15.3. The third kappa shape index (κ3) is 4.44. The van der Waals surface area contributed by atoms with Crippen molar-refractivity contribution in [2.45, 2.75) is 53.5 Å². The van der Waals surface area contributed by atoms with Gasteiger partial charge in [-0.3, -0.25) is 4.98 Å². The van der Waals surface area contributed by atoms with Crippen LogP contribution in [0.2, 0.25) is 0 Å². The second kappa shape index (κ2) is 8.30. The van der Waals surface area contributed by atoms with Crippen LogP contribution in [0.4, 0.5) is 5.69 Å². The maximum atomic E-state index is 4.70. The van der Waals surface area contributed by atoms with Crippen molar-refractivity contribution in [3.05, 3.63) is 35.5 Å². The fourth-order valence-electron chi connectivity index (χ4n) is 3.10. The van der Waals surface area contributed by atoms with Gasteiger partial charge < -0.3 is 10.2 Å². The molecule has 0 aliphatic heterocycles. The lowest BCUT2D eigenvalue weighted by Gasteiger charge is -2.22. The SMILES string of the molecule is CCN(CC)CCC[C@@H](C)Nc1c(C)c(C)nc2ccccc12. The molecule has 0 amide bonds. The Labute approximate surface area is 141 Å². The number of aryl methyl sites for hydroxylation is 1. The smallest absolute Gasteiger partial charge is 0.0726 e. The van der Waals surface area contributed by atoms with Crippen LogP contribution in [0.5, 0.6) is 0 Å². The highest BCUT2D eigenvalue weighted by Gasteiger charge is 2.11. The molecule has 0 spiro atoms. The van der Waals surface area contributed by atoms with Crippen LogP contribution in [0.15, 0.2) is 24.3 Å². The van der Waals surface area contributed by atoms with Crippen LogP contribution in [0, 0.1) is 13.8 Å². The number of anilines is 1. The Morgan fingerprint density at radius 3 is 2.52 bits per heavy atom. The highest BCUT2D eigenvalue weighted by atomic mass is 15.1. The van der Waals surface area contributed by atoms with Gasteiger partial charge in [-0.2, -0.15) is 0 Å². The van der Waals surface area contributed by atoms with Crippen LogP contribution in [-0.4, -0.2) is 35.6 Å². The second-order valence-electron chi connectivity index (χ2n) is 6.43. The molecular formula is C20H31N3. The van der Waals surface area contributed by atoms with Gasteiger partial charge in [-0.15, -0.1) is 0 Å². The topological polar surface area (TPSA) is 28.2 Å². The highest BCUT2D eigenvalue weighted by Crippen LogP contribution is 2.28. The lowest BCUT2D eigenvalue weighted by molar-refractivity contribution is 0.295. The number of aromatic nitrogens is 1.